The number of carbonyl (C=O) groups is 2. The molecule has 0 aromatic heterocycles. The molecular weight excluding hydrogens is 492 g/mol. The fourth-order valence-corrected chi connectivity index (χ4v) is 3.32. The second-order valence-electron chi connectivity index (χ2n) is 6.55. The first kappa shape index (κ1) is 23.8. The molecule has 170 valence electrons. The Labute approximate surface area is 199 Å². The van der Waals surface area contributed by atoms with Gasteiger partial charge in [-0.15, -0.1) is 0 Å². The number of nitrogens with one attached hydrogen (secondary N) is 1. The van der Waals surface area contributed by atoms with Crippen molar-refractivity contribution in [3.8, 4) is 23.0 Å². The first-order valence-corrected chi connectivity index (χ1v) is 10.5. The third-order valence-corrected chi connectivity index (χ3v) is 5.18. The van der Waals surface area contributed by atoms with E-state index in [9.17, 15) is 9.59 Å². The number of hydrazone groups is 1. The van der Waals surface area contributed by atoms with Gasteiger partial charge in [0, 0.05) is 4.47 Å². The molecule has 8 nitrogen and oxygen atoms in total. The van der Waals surface area contributed by atoms with E-state index in [4.69, 9.17) is 18.9 Å². The molecule has 0 aliphatic heterocycles. The molecule has 0 bridgehead atoms. The average molecular weight is 513 g/mol. The second kappa shape index (κ2) is 11.1. The topological polar surface area (TPSA) is 95.5 Å². The van der Waals surface area contributed by atoms with E-state index in [0.29, 0.717) is 38.6 Å². The highest BCUT2D eigenvalue weighted by molar-refractivity contribution is 9.10. The van der Waals surface area contributed by atoms with Gasteiger partial charge in [0.15, 0.2) is 11.5 Å². The lowest BCUT2D eigenvalue weighted by Gasteiger charge is -2.13. The van der Waals surface area contributed by atoms with Gasteiger partial charge in [-0.05, 0) is 70.0 Å². The van der Waals surface area contributed by atoms with Crippen LogP contribution in [0, 0.1) is 0 Å². The average Bonchev–Trinajstić information content (AvgIpc) is 2.84. The highest BCUT2D eigenvalue weighted by atomic mass is 79.9. The third-order valence-electron chi connectivity index (χ3n) is 4.49. The van der Waals surface area contributed by atoms with Crippen molar-refractivity contribution >= 4 is 34.0 Å². The summed E-state index contributed by atoms with van der Waals surface area (Å²) in [5, 5.41) is 3.96. The number of nitrogens with zero attached hydrogens (tertiary/aromatic N) is 1. The van der Waals surface area contributed by atoms with Crippen LogP contribution in [0.3, 0.4) is 0 Å². The Morgan fingerprint density at radius 2 is 1.55 bits per heavy atom. The van der Waals surface area contributed by atoms with Crippen molar-refractivity contribution in [3.63, 3.8) is 0 Å². The molecule has 0 spiro atoms. The molecule has 0 fully saturated rings. The highest BCUT2D eigenvalue weighted by Crippen LogP contribution is 2.38. The molecule has 0 atom stereocenters. The first-order valence-electron chi connectivity index (χ1n) is 9.67. The summed E-state index contributed by atoms with van der Waals surface area (Å²) in [7, 11) is 4.41. The maximum atomic E-state index is 12.6. The number of benzene rings is 3. The Hall–Kier alpha value is -3.85. The van der Waals surface area contributed by atoms with Gasteiger partial charge in [-0.25, -0.2) is 10.2 Å². The second-order valence-corrected chi connectivity index (χ2v) is 7.41. The number of rotatable bonds is 8. The lowest BCUT2D eigenvalue weighted by molar-refractivity contribution is 0.0733. The molecule has 3 rings (SSSR count). The molecule has 1 amide bonds. The van der Waals surface area contributed by atoms with E-state index in [-0.39, 0.29) is 11.5 Å². The van der Waals surface area contributed by atoms with E-state index in [2.05, 4.69) is 26.5 Å². The number of carbonyl (C=O) groups excluding carboxylic acids is 2. The number of amides is 1. The van der Waals surface area contributed by atoms with Crippen LogP contribution in [0.25, 0.3) is 0 Å². The normalized spacial score (nSPS) is 10.5. The number of ether oxygens (including phenoxy) is 4. The van der Waals surface area contributed by atoms with Gasteiger partial charge in [-0.2, -0.15) is 5.10 Å². The number of hydrogen-bond donors (Lipinski definition) is 1. The van der Waals surface area contributed by atoms with Crippen LogP contribution in [0.4, 0.5) is 0 Å². The van der Waals surface area contributed by atoms with Gasteiger partial charge in [0.05, 0.1) is 38.7 Å². The van der Waals surface area contributed by atoms with E-state index < -0.39 is 5.97 Å². The first-order chi connectivity index (χ1) is 16.0. The molecule has 0 aliphatic carbocycles. The van der Waals surface area contributed by atoms with Crippen molar-refractivity contribution in [2.75, 3.05) is 21.3 Å². The van der Waals surface area contributed by atoms with E-state index >= 15 is 0 Å². The number of methoxy groups -OCH3 is 3. The Morgan fingerprint density at radius 3 is 2.12 bits per heavy atom. The Kier molecular flexibility index (Phi) is 8.04. The van der Waals surface area contributed by atoms with E-state index in [1.807, 2.05) is 6.07 Å². The van der Waals surface area contributed by atoms with Crippen LogP contribution in [0.15, 0.2) is 70.2 Å². The summed E-state index contributed by atoms with van der Waals surface area (Å²) >= 11 is 3.33. The monoisotopic (exact) mass is 512 g/mol. The quantitative estimate of drug-likeness (QED) is 0.207. The maximum Gasteiger partial charge on any atom is 0.343 e. The standard InChI is InChI=1S/C24H21BrN2O6/c1-30-20-12-16(13-21(31-2)22(20)32-3)24(29)33-17-10-8-15(9-11-17)14-26-27-23(28)18-6-4-5-7-19(18)25/h4-14H,1-3H3,(H,27,28). The third kappa shape index (κ3) is 5.89. The lowest BCUT2D eigenvalue weighted by Crippen LogP contribution is -2.18. The molecule has 0 radical (unpaired) electrons. The fourth-order valence-electron chi connectivity index (χ4n) is 2.86. The van der Waals surface area contributed by atoms with Crippen LogP contribution in [-0.4, -0.2) is 39.4 Å². The van der Waals surface area contributed by atoms with Gasteiger partial charge in [0.25, 0.3) is 5.91 Å². The minimum Gasteiger partial charge on any atom is -0.493 e. The lowest BCUT2D eigenvalue weighted by atomic mass is 10.2. The van der Waals surface area contributed by atoms with Gasteiger partial charge in [0.2, 0.25) is 5.75 Å². The summed E-state index contributed by atoms with van der Waals surface area (Å²) in [6.45, 7) is 0. The molecule has 1 N–H and O–H groups in total. The van der Waals surface area contributed by atoms with Gasteiger partial charge in [-0.1, -0.05) is 12.1 Å². The fraction of sp³-hybridized carbons (Fsp3) is 0.125. The number of hydrogen-bond acceptors (Lipinski definition) is 7. The van der Waals surface area contributed by atoms with Gasteiger partial charge in [0.1, 0.15) is 5.75 Å². The minimum absolute atomic E-state index is 0.241. The van der Waals surface area contributed by atoms with Crippen LogP contribution in [0.2, 0.25) is 0 Å². The van der Waals surface area contributed by atoms with E-state index in [0.717, 1.165) is 0 Å². The van der Waals surface area contributed by atoms with Crippen LogP contribution < -0.4 is 24.4 Å². The zero-order chi connectivity index (χ0) is 23.8. The van der Waals surface area contributed by atoms with Crippen molar-refractivity contribution < 1.29 is 28.5 Å². The summed E-state index contributed by atoms with van der Waals surface area (Å²) in [4.78, 5) is 24.8. The molecule has 0 unspecified atom stereocenters. The molecular formula is C24H21BrN2O6. The molecule has 3 aromatic carbocycles. The summed E-state index contributed by atoms with van der Waals surface area (Å²) in [6, 6.07) is 16.7. The van der Waals surface area contributed by atoms with Crippen molar-refractivity contribution in [3.05, 3.63) is 81.8 Å². The molecule has 33 heavy (non-hydrogen) atoms. The molecule has 0 saturated heterocycles. The van der Waals surface area contributed by atoms with Gasteiger partial charge >= 0.3 is 5.97 Å². The molecule has 0 aliphatic rings. The van der Waals surface area contributed by atoms with Crippen molar-refractivity contribution in [2.45, 2.75) is 0 Å². The zero-order valence-corrected chi connectivity index (χ0v) is 19.7. The molecule has 0 heterocycles. The van der Waals surface area contributed by atoms with E-state index in [1.54, 1.807) is 42.5 Å². The van der Waals surface area contributed by atoms with Crippen molar-refractivity contribution in [1.29, 1.82) is 0 Å². The smallest absolute Gasteiger partial charge is 0.343 e. The van der Waals surface area contributed by atoms with Gasteiger partial charge in [-0.3, -0.25) is 4.79 Å². The molecule has 9 heteroatoms. The van der Waals surface area contributed by atoms with Crippen LogP contribution in [0.5, 0.6) is 23.0 Å². The maximum absolute atomic E-state index is 12.6. The Morgan fingerprint density at radius 1 is 0.909 bits per heavy atom. The number of halogens is 1. The SMILES string of the molecule is COc1cc(C(=O)Oc2ccc(C=NNC(=O)c3ccccc3Br)cc2)cc(OC)c1OC. The number of esters is 1. The summed E-state index contributed by atoms with van der Waals surface area (Å²) < 4.78 is 21.9. The van der Waals surface area contributed by atoms with Crippen LogP contribution in [0.1, 0.15) is 26.3 Å². The zero-order valence-electron chi connectivity index (χ0n) is 18.1. The Balaban J connectivity index is 1.65. The van der Waals surface area contributed by atoms with E-state index in [1.165, 1.54) is 39.7 Å². The van der Waals surface area contributed by atoms with Crippen molar-refractivity contribution in [1.82, 2.24) is 5.43 Å². The van der Waals surface area contributed by atoms with Crippen LogP contribution in [-0.2, 0) is 0 Å². The highest BCUT2D eigenvalue weighted by Gasteiger charge is 2.18. The molecule has 3 aromatic rings. The summed E-state index contributed by atoms with van der Waals surface area (Å²) in [6.07, 6.45) is 1.49. The molecule has 0 saturated carbocycles. The minimum atomic E-state index is -0.587. The largest absolute Gasteiger partial charge is 0.493 e. The van der Waals surface area contributed by atoms with Gasteiger partial charge < -0.3 is 18.9 Å². The Bertz CT molecular complexity index is 1150. The predicted molar refractivity (Wildman–Crippen MR) is 127 cm³/mol. The predicted octanol–water partition coefficient (Wildman–Crippen LogP) is 4.46. The van der Waals surface area contributed by atoms with Crippen molar-refractivity contribution in [2.24, 2.45) is 5.10 Å². The summed E-state index contributed by atoms with van der Waals surface area (Å²) in [5.74, 6) is 0.487. The summed E-state index contributed by atoms with van der Waals surface area (Å²) in [5.41, 5.74) is 3.89. The van der Waals surface area contributed by atoms with Crippen LogP contribution >= 0.6 is 15.9 Å².